The molecule has 0 spiro atoms. The third-order valence-electron chi connectivity index (χ3n) is 5.17. The Morgan fingerprint density at radius 3 is 2.71 bits per heavy atom. The first-order chi connectivity index (χ1) is 16.7. The first-order valence-electron chi connectivity index (χ1n) is 10.4. The van der Waals surface area contributed by atoms with Gasteiger partial charge in [0.25, 0.3) is 6.20 Å². The summed E-state index contributed by atoms with van der Waals surface area (Å²) >= 11 is 1.11. The minimum Gasteiger partial charge on any atom is -0.380 e. The van der Waals surface area contributed by atoms with Crippen LogP contribution in [0.3, 0.4) is 0 Å². The molecule has 1 aliphatic heterocycles. The number of carbonyl (C=O) groups excluding carboxylic acids is 1. The lowest BCUT2D eigenvalue weighted by molar-refractivity contribution is -0.403. The van der Waals surface area contributed by atoms with Gasteiger partial charge in [0.15, 0.2) is 5.82 Å². The maximum Gasteiger partial charge on any atom is 0.365 e. The van der Waals surface area contributed by atoms with E-state index >= 15 is 0 Å². The van der Waals surface area contributed by atoms with E-state index in [2.05, 4.69) is 10.4 Å². The zero-order chi connectivity index (χ0) is 25.6. The van der Waals surface area contributed by atoms with Crippen molar-refractivity contribution >= 4 is 22.8 Å². The Morgan fingerprint density at radius 2 is 2.06 bits per heavy atom. The number of nitrogens with one attached hydrogen (secondary N) is 1. The van der Waals surface area contributed by atoms with Crippen LogP contribution in [0.4, 0.5) is 13.6 Å². The van der Waals surface area contributed by atoms with Crippen LogP contribution in [0.15, 0.2) is 65.7 Å². The Kier molecular flexibility index (Phi) is 8.25. The molecule has 2 aromatic carbocycles. The number of halogens is 2. The van der Waals surface area contributed by atoms with E-state index in [-0.39, 0.29) is 29.4 Å². The molecular weight excluding hydrogens is 482 g/mol. The van der Waals surface area contributed by atoms with Gasteiger partial charge in [-0.3, -0.25) is 15.0 Å². The highest BCUT2D eigenvalue weighted by atomic mass is 32.2. The number of hydrogen-bond donors (Lipinski definition) is 2. The van der Waals surface area contributed by atoms with E-state index in [0.29, 0.717) is 18.2 Å². The molecule has 1 aliphatic rings. The standard InChI is InChI=1S/C22H24F2N6O4S/c1-28(34-2)21(31)30-22(15-7-4-3-5-8-15,11-6-12-26-19(25)14-29(32)33)35-20(27-30)17-13-16(23)9-10-18(17)24/h3-5,7-10,13-14,26H,6,11-12,25H2,1-2H3. The van der Waals surface area contributed by atoms with Crippen molar-refractivity contribution in [3.63, 3.8) is 0 Å². The van der Waals surface area contributed by atoms with Gasteiger partial charge in [0.1, 0.15) is 21.5 Å². The minimum atomic E-state index is -1.15. The van der Waals surface area contributed by atoms with Crippen molar-refractivity contribution in [2.45, 2.75) is 17.7 Å². The number of hydrogen-bond acceptors (Lipinski definition) is 8. The minimum absolute atomic E-state index is 0.0815. The lowest BCUT2D eigenvalue weighted by Gasteiger charge is -2.37. The first-order valence-corrected chi connectivity index (χ1v) is 11.2. The average Bonchev–Trinajstić information content (AvgIpc) is 3.23. The van der Waals surface area contributed by atoms with Crippen molar-refractivity contribution < 1.29 is 23.3 Å². The molecule has 0 aromatic heterocycles. The van der Waals surface area contributed by atoms with Crippen LogP contribution in [0.2, 0.25) is 0 Å². The number of thioether (sulfide) groups is 1. The van der Waals surface area contributed by atoms with Crippen LogP contribution in [0.5, 0.6) is 0 Å². The molecule has 13 heteroatoms. The molecule has 1 atom stereocenters. The highest BCUT2D eigenvalue weighted by molar-refractivity contribution is 8.15. The van der Waals surface area contributed by atoms with E-state index in [1.807, 2.05) is 6.07 Å². The molecule has 3 N–H and O–H groups in total. The van der Waals surface area contributed by atoms with Crippen LogP contribution in [0, 0.1) is 21.7 Å². The van der Waals surface area contributed by atoms with Crippen molar-refractivity contribution in [1.82, 2.24) is 15.4 Å². The summed E-state index contributed by atoms with van der Waals surface area (Å²) in [7, 11) is 2.72. The Balaban J connectivity index is 2.01. The average molecular weight is 507 g/mol. The fraction of sp³-hybridized carbons (Fsp3) is 0.273. The fourth-order valence-electron chi connectivity index (χ4n) is 3.48. The number of rotatable bonds is 9. The van der Waals surface area contributed by atoms with Crippen molar-refractivity contribution in [3.05, 3.63) is 93.4 Å². The van der Waals surface area contributed by atoms with Gasteiger partial charge in [-0.25, -0.2) is 18.6 Å². The monoisotopic (exact) mass is 506 g/mol. The highest BCUT2D eigenvalue weighted by Crippen LogP contribution is 2.50. The summed E-state index contributed by atoms with van der Waals surface area (Å²) in [5.41, 5.74) is 6.20. The van der Waals surface area contributed by atoms with Gasteiger partial charge in [-0.05, 0) is 36.6 Å². The second-order valence-corrected chi connectivity index (χ2v) is 8.72. The van der Waals surface area contributed by atoms with Gasteiger partial charge in [-0.15, -0.1) is 0 Å². The van der Waals surface area contributed by atoms with Crippen LogP contribution >= 0.6 is 11.8 Å². The molecule has 186 valence electrons. The molecular formula is C22H24F2N6O4S. The SMILES string of the molecule is CON(C)C(=O)N1N=C(c2cc(F)ccc2F)SC1(CCCNC(N)=C[N+](=O)[O-])c1ccccc1. The van der Waals surface area contributed by atoms with Gasteiger partial charge < -0.3 is 11.1 Å². The van der Waals surface area contributed by atoms with Crippen molar-refractivity contribution in [2.24, 2.45) is 10.8 Å². The van der Waals surface area contributed by atoms with Crippen molar-refractivity contribution in [1.29, 1.82) is 0 Å². The number of amides is 2. The number of hydroxylamine groups is 2. The van der Waals surface area contributed by atoms with Crippen LogP contribution in [-0.2, 0) is 9.71 Å². The molecule has 3 rings (SSSR count). The molecule has 0 saturated heterocycles. The first kappa shape index (κ1) is 25.9. The summed E-state index contributed by atoms with van der Waals surface area (Å²) in [4.78, 5) is 27.1. The maximum absolute atomic E-state index is 14.6. The number of nitrogens with zero attached hydrogens (tertiary/aromatic N) is 4. The van der Waals surface area contributed by atoms with Crippen LogP contribution in [-0.4, -0.2) is 46.8 Å². The van der Waals surface area contributed by atoms with E-state index in [4.69, 9.17) is 10.6 Å². The molecule has 0 aliphatic carbocycles. The second-order valence-electron chi connectivity index (χ2n) is 7.46. The Bertz CT molecular complexity index is 1150. The van der Waals surface area contributed by atoms with E-state index < -0.39 is 27.5 Å². The highest BCUT2D eigenvalue weighted by Gasteiger charge is 2.49. The van der Waals surface area contributed by atoms with E-state index in [1.165, 1.54) is 19.2 Å². The van der Waals surface area contributed by atoms with Gasteiger partial charge in [-0.1, -0.05) is 42.1 Å². The second kappa shape index (κ2) is 11.1. The lowest BCUT2D eigenvalue weighted by Crippen LogP contribution is -2.47. The van der Waals surface area contributed by atoms with Crippen LogP contribution < -0.4 is 11.1 Å². The predicted molar refractivity (Wildman–Crippen MR) is 127 cm³/mol. The summed E-state index contributed by atoms with van der Waals surface area (Å²) in [6.45, 7) is 0.247. The van der Waals surface area contributed by atoms with Gasteiger partial charge in [0, 0.05) is 19.2 Å². The third-order valence-corrected chi connectivity index (χ3v) is 6.62. The van der Waals surface area contributed by atoms with Crippen LogP contribution in [0.1, 0.15) is 24.0 Å². The molecule has 1 heterocycles. The predicted octanol–water partition coefficient (Wildman–Crippen LogP) is 3.55. The molecule has 10 nitrogen and oxygen atoms in total. The summed E-state index contributed by atoms with van der Waals surface area (Å²) in [5, 5.41) is 20.0. The number of urea groups is 1. The Morgan fingerprint density at radius 1 is 1.34 bits per heavy atom. The van der Waals surface area contributed by atoms with Gasteiger partial charge >= 0.3 is 6.03 Å². The number of benzene rings is 2. The lowest BCUT2D eigenvalue weighted by atomic mass is 10.0. The topological polar surface area (TPSA) is 126 Å². The molecule has 2 amide bonds. The maximum atomic E-state index is 14.6. The normalized spacial score (nSPS) is 17.8. The molecule has 0 fully saturated rings. The van der Waals surface area contributed by atoms with Crippen molar-refractivity contribution in [3.8, 4) is 0 Å². The number of carbonyl (C=O) groups is 1. The van der Waals surface area contributed by atoms with E-state index in [9.17, 15) is 23.7 Å². The van der Waals surface area contributed by atoms with Crippen molar-refractivity contribution in [2.75, 3.05) is 20.7 Å². The molecule has 2 aromatic rings. The summed E-state index contributed by atoms with van der Waals surface area (Å²) < 4.78 is 28.6. The molecule has 0 saturated carbocycles. The zero-order valence-electron chi connectivity index (χ0n) is 19.0. The third kappa shape index (κ3) is 5.87. The van der Waals surface area contributed by atoms with Crippen LogP contribution in [0.25, 0.3) is 0 Å². The van der Waals surface area contributed by atoms with Gasteiger partial charge in [0.05, 0.1) is 12.0 Å². The largest absolute Gasteiger partial charge is 0.380 e. The number of nitrogens with two attached hydrogens (primary N) is 1. The summed E-state index contributed by atoms with van der Waals surface area (Å²) in [6, 6.07) is 11.4. The fourth-order valence-corrected chi connectivity index (χ4v) is 4.89. The quantitative estimate of drug-likeness (QED) is 0.303. The van der Waals surface area contributed by atoms with E-state index in [0.717, 1.165) is 35.0 Å². The number of nitro groups is 1. The number of hydrazone groups is 1. The Labute approximate surface area is 204 Å². The van der Waals surface area contributed by atoms with Gasteiger partial charge in [0.2, 0.25) is 0 Å². The molecule has 1 unspecified atom stereocenters. The zero-order valence-corrected chi connectivity index (χ0v) is 19.8. The summed E-state index contributed by atoms with van der Waals surface area (Å²) in [6.07, 6.45) is 1.32. The summed E-state index contributed by atoms with van der Waals surface area (Å²) in [5.74, 6) is -1.45. The van der Waals surface area contributed by atoms with Gasteiger partial charge in [-0.2, -0.15) is 10.1 Å². The molecule has 0 radical (unpaired) electrons. The smallest absolute Gasteiger partial charge is 0.365 e. The van der Waals surface area contributed by atoms with E-state index in [1.54, 1.807) is 24.3 Å². The molecule has 35 heavy (non-hydrogen) atoms. The Hall–Kier alpha value is -3.71. The molecule has 0 bridgehead atoms.